The number of anilines is 3. The number of nitrogens with two attached hydrogens (primary N) is 2. The highest BCUT2D eigenvalue weighted by molar-refractivity contribution is 5.92. The summed E-state index contributed by atoms with van der Waals surface area (Å²) in [6.45, 7) is 0. The van der Waals surface area contributed by atoms with Gasteiger partial charge in [0.15, 0.2) is 5.82 Å². The van der Waals surface area contributed by atoms with Crippen LogP contribution in [0.5, 0.6) is 0 Å². The predicted octanol–water partition coefficient (Wildman–Crippen LogP) is 2.53. The number of alkyl halides is 3. The number of aromatic nitrogens is 1. The van der Waals surface area contributed by atoms with Crippen molar-refractivity contribution in [3.63, 3.8) is 0 Å². The fourth-order valence-electron chi connectivity index (χ4n) is 1.67. The van der Waals surface area contributed by atoms with Gasteiger partial charge in [0.05, 0.1) is 16.9 Å². The number of nitrogen functional groups attached to an aromatic ring is 1. The van der Waals surface area contributed by atoms with Crippen LogP contribution in [0.25, 0.3) is 0 Å². The number of halogens is 3. The lowest BCUT2D eigenvalue weighted by Crippen LogP contribution is -2.15. The van der Waals surface area contributed by atoms with Gasteiger partial charge in [-0.15, -0.1) is 0 Å². The molecule has 0 radical (unpaired) electrons. The van der Waals surface area contributed by atoms with E-state index in [1.54, 1.807) is 0 Å². The highest BCUT2D eigenvalue weighted by atomic mass is 19.4. The first-order chi connectivity index (χ1) is 9.79. The van der Waals surface area contributed by atoms with Gasteiger partial charge in [0.25, 0.3) is 5.91 Å². The van der Waals surface area contributed by atoms with E-state index >= 15 is 0 Å². The summed E-state index contributed by atoms with van der Waals surface area (Å²) in [4.78, 5) is 14.9. The minimum absolute atomic E-state index is 0.0667. The SMILES string of the molecule is NC(=O)c1ccc(N)c(Nc2ccccc2C(F)(F)F)n1. The van der Waals surface area contributed by atoms with Gasteiger partial charge in [0.1, 0.15) is 5.69 Å². The molecule has 0 aliphatic heterocycles. The zero-order valence-electron chi connectivity index (χ0n) is 10.6. The van der Waals surface area contributed by atoms with Gasteiger partial charge < -0.3 is 16.8 Å². The molecule has 0 bridgehead atoms. The minimum atomic E-state index is -4.53. The molecule has 0 aliphatic rings. The maximum absolute atomic E-state index is 12.9. The second-order valence-electron chi connectivity index (χ2n) is 4.17. The van der Waals surface area contributed by atoms with Crippen LogP contribution in [0.1, 0.15) is 16.1 Å². The van der Waals surface area contributed by atoms with Crippen molar-refractivity contribution in [2.75, 3.05) is 11.1 Å². The predicted molar refractivity (Wildman–Crippen MR) is 71.9 cm³/mol. The third kappa shape index (κ3) is 3.22. The molecule has 5 N–H and O–H groups in total. The Morgan fingerprint density at radius 1 is 1.14 bits per heavy atom. The highest BCUT2D eigenvalue weighted by Gasteiger charge is 2.33. The Hall–Kier alpha value is -2.77. The average molecular weight is 296 g/mol. The Bertz CT molecular complexity index is 685. The summed E-state index contributed by atoms with van der Waals surface area (Å²) in [7, 11) is 0. The summed E-state index contributed by atoms with van der Waals surface area (Å²) in [6.07, 6.45) is -4.53. The number of carbonyl (C=O) groups excluding carboxylic acids is 1. The molecule has 0 saturated carbocycles. The van der Waals surface area contributed by atoms with Crippen molar-refractivity contribution in [1.82, 2.24) is 4.98 Å². The highest BCUT2D eigenvalue weighted by Crippen LogP contribution is 2.36. The molecule has 1 heterocycles. The molecule has 0 fully saturated rings. The zero-order chi connectivity index (χ0) is 15.6. The van der Waals surface area contributed by atoms with Gasteiger partial charge in [-0.25, -0.2) is 4.98 Å². The van der Waals surface area contributed by atoms with Gasteiger partial charge in [-0.1, -0.05) is 12.1 Å². The Labute approximate surface area is 117 Å². The average Bonchev–Trinajstić information content (AvgIpc) is 2.40. The fourth-order valence-corrected chi connectivity index (χ4v) is 1.67. The number of carbonyl (C=O) groups is 1. The molecule has 1 amide bonds. The van der Waals surface area contributed by atoms with Crippen molar-refractivity contribution >= 4 is 23.1 Å². The Morgan fingerprint density at radius 2 is 1.81 bits per heavy atom. The van der Waals surface area contributed by atoms with E-state index in [0.29, 0.717) is 0 Å². The summed E-state index contributed by atoms with van der Waals surface area (Å²) in [5, 5.41) is 2.48. The van der Waals surface area contributed by atoms with Gasteiger partial charge in [-0.05, 0) is 24.3 Å². The molecule has 1 aromatic carbocycles. The van der Waals surface area contributed by atoms with E-state index in [2.05, 4.69) is 10.3 Å². The Kier molecular flexibility index (Phi) is 3.70. The lowest BCUT2D eigenvalue weighted by atomic mass is 10.1. The van der Waals surface area contributed by atoms with E-state index in [0.717, 1.165) is 6.07 Å². The van der Waals surface area contributed by atoms with E-state index in [1.807, 2.05) is 0 Å². The minimum Gasteiger partial charge on any atom is -0.396 e. The number of amides is 1. The lowest BCUT2D eigenvalue weighted by Gasteiger charge is -2.15. The quantitative estimate of drug-likeness (QED) is 0.811. The van der Waals surface area contributed by atoms with Crippen LogP contribution in [0.15, 0.2) is 36.4 Å². The topological polar surface area (TPSA) is 94.0 Å². The molecule has 0 spiro atoms. The number of hydrogen-bond acceptors (Lipinski definition) is 4. The van der Waals surface area contributed by atoms with Crippen molar-refractivity contribution in [3.8, 4) is 0 Å². The van der Waals surface area contributed by atoms with E-state index in [9.17, 15) is 18.0 Å². The number of benzene rings is 1. The monoisotopic (exact) mass is 296 g/mol. The van der Waals surface area contributed by atoms with Crippen molar-refractivity contribution < 1.29 is 18.0 Å². The van der Waals surface area contributed by atoms with Crippen LogP contribution in [0.3, 0.4) is 0 Å². The molecular weight excluding hydrogens is 285 g/mol. The maximum atomic E-state index is 12.9. The lowest BCUT2D eigenvalue weighted by molar-refractivity contribution is -0.136. The molecule has 2 aromatic rings. The number of hydrogen-bond donors (Lipinski definition) is 3. The third-order valence-corrected chi connectivity index (χ3v) is 2.66. The number of nitrogens with zero attached hydrogens (tertiary/aromatic N) is 1. The van der Waals surface area contributed by atoms with E-state index in [4.69, 9.17) is 11.5 Å². The number of para-hydroxylation sites is 1. The first-order valence-corrected chi connectivity index (χ1v) is 5.78. The summed E-state index contributed by atoms with van der Waals surface area (Å²) >= 11 is 0. The van der Waals surface area contributed by atoms with Crippen LogP contribution in [0.2, 0.25) is 0 Å². The molecule has 0 aliphatic carbocycles. The van der Waals surface area contributed by atoms with Crippen LogP contribution in [-0.2, 0) is 6.18 Å². The van der Waals surface area contributed by atoms with E-state index in [-0.39, 0.29) is 22.9 Å². The van der Waals surface area contributed by atoms with Gasteiger partial charge in [0, 0.05) is 0 Å². The van der Waals surface area contributed by atoms with Crippen LogP contribution in [-0.4, -0.2) is 10.9 Å². The van der Waals surface area contributed by atoms with Crippen LogP contribution < -0.4 is 16.8 Å². The van der Waals surface area contributed by atoms with Crippen molar-refractivity contribution in [1.29, 1.82) is 0 Å². The molecule has 21 heavy (non-hydrogen) atoms. The molecule has 0 atom stereocenters. The van der Waals surface area contributed by atoms with Crippen LogP contribution in [0, 0.1) is 0 Å². The van der Waals surface area contributed by atoms with Crippen LogP contribution >= 0.6 is 0 Å². The largest absolute Gasteiger partial charge is 0.418 e. The number of rotatable bonds is 3. The smallest absolute Gasteiger partial charge is 0.396 e. The van der Waals surface area contributed by atoms with Gasteiger partial charge in [-0.2, -0.15) is 13.2 Å². The molecule has 2 rings (SSSR count). The summed E-state index contributed by atoms with van der Waals surface area (Å²) in [5.74, 6) is -0.870. The standard InChI is InChI=1S/C13H11F3N4O/c14-13(15,16)7-3-1-2-4-9(7)19-12-8(17)5-6-10(20-12)11(18)21/h1-6H,17H2,(H2,18,21)(H,19,20). The second-order valence-corrected chi connectivity index (χ2v) is 4.17. The summed E-state index contributed by atoms with van der Waals surface area (Å²) < 4.78 is 38.7. The van der Waals surface area contributed by atoms with E-state index in [1.165, 1.54) is 30.3 Å². The molecule has 1 aromatic heterocycles. The summed E-state index contributed by atoms with van der Waals surface area (Å²) in [6, 6.07) is 7.50. The van der Waals surface area contributed by atoms with Crippen LogP contribution in [0.4, 0.5) is 30.4 Å². The molecule has 0 saturated heterocycles. The van der Waals surface area contributed by atoms with Gasteiger partial charge in [-0.3, -0.25) is 4.79 Å². The molecule has 8 heteroatoms. The van der Waals surface area contributed by atoms with E-state index < -0.39 is 17.6 Å². The van der Waals surface area contributed by atoms with Crippen molar-refractivity contribution in [2.24, 2.45) is 5.73 Å². The maximum Gasteiger partial charge on any atom is 0.418 e. The third-order valence-electron chi connectivity index (χ3n) is 2.66. The van der Waals surface area contributed by atoms with Gasteiger partial charge >= 0.3 is 6.18 Å². The van der Waals surface area contributed by atoms with Crippen molar-refractivity contribution in [2.45, 2.75) is 6.18 Å². The van der Waals surface area contributed by atoms with Gasteiger partial charge in [0.2, 0.25) is 0 Å². The number of primary amides is 1. The zero-order valence-corrected chi connectivity index (χ0v) is 10.6. The number of nitrogens with one attached hydrogen (secondary N) is 1. The fraction of sp³-hybridized carbons (Fsp3) is 0.0769. The Balaban J connectivity index is 2.44. The summed E-state index contributed by atoms with van der Waals surface area (Å²) in [5.41, 5.74) is 9.63. The Morgan fingerprint density at radius 3 is 2.43 bits per heavy atom. The molecular formula is C13H11F3N4O. The molecule has 5 nitrogen and oxygen atoms in total. The number of pyridine rings is 1. The molecule has 110 valence electrons. The normalized spacial score (nSPS) is 11.2. The first kappa shape index (κ1) is 14.6. The first-order valence-electron chi connectivity index (χ1n) is 5.78. The van der Waals surface area contributed by atoms with Crippen molar-refractivity contribution in [3.05, 3.63) is 47.7 Å². The second kappa shape index (κ2) is 5.31. The molecule has 0 unspecified atom stereocenters.